The first-order chi connectivity index (χ1) is 9.69. The number of methoxy groups -OCH3 is 1. The van der Waals surface area contributed by atoms with Gasteiger partial charge in [-0.15, -0.1) is 0 Å². The van der Waals surface area contributed by atoms with Gasteiger partial charge in [0.15, 0.2) is 0 Å². The van der Waals surface area contributed by atoms with Gasteiger partial charge in [-0.25, -0.2) is 4.98 Å². The molecule has 108 valence electrons. The number of nitrogens with two attached hydrogens (primary N) is 1. The summed E-state index contributed by atoms with van der Waals surface area (Å²) in [7, 11) is 1.60. The Bertz CT molecular complexity index is 554. The highest BCUT2D eigenvalue weighted by molar-refractivity contribution is 9.10. The van der Waals surface area contributed by atoms with E-state index in [1.54, 1.807) is 19.5 Å². The molecule has 3 N–H and O–H groups in total. The van der Waals surface area contributed by atoms with Gasteiger partial charge in [0.2, 0.25) is 5.88 Å². The van der Waals surface area contributed by atoms with Gasteiger partial charge < -0.3 is 4.74 Å². The van der Waals surface area contributed by atoms with Gasteiger partial charge in [-0.1, -0.05) is 6.07 Å². The van der Waals surface area contributed by atoms with Crippen LogP contribution in [0, 0.1) is 0 Å². The minimum atomic E-state index is -0.0398. The van der Waals surface area contributed by atoms with Crippen molar-refractivity contribution in [2.75, 3.05) is 7.11 Å². The highest BCUT2D eigenvalue weighted by Gasteiger charge is 2.19. The smallest absolute Gasteiger partial charge is 0.212 e. The van der Waals surface area contributed by atoms with Crippen LogP contribution in [0.2, 0.25) is 0 Å². The number of ether oxygens (including phenoxy) is 1. The van der Waals surface area contributed by atoms with Crippen LogP contribution in [0.25, 0.3) is 0 Å². The van der Waals surface area contributed by atoms with E-state index in [1.165, 1.54) is 0 Å². The minimum Gasteiger partial charge on any atom is -0.481 e. The van der Waals surface area contributed by atoms with Crippen LogP contribution in [-0.4, -0.2) is 21.9 Å². The fourth-order valence-corrected chi connectivity index (χ4v) is 2.67. The van der Waals surface area contributed by atoms with Crippen LogP contribution in [0.3, 0.4) is 0 Å². The Kier molecular flexibility index (Phi) is 5.11. The molecule has 2 aromatic heterocycles. The maximum Gasteiger partial charge on any atom is 0.212 e. The quantitative estimate of drug-likeness (QED) is 0.620. The van der Waals surface area contributed by atoms with E-state index in [9.17, 15) is 0 Å². The van der Waals surface area contributed by atoms with Gasteiger partial charge in [0.25, 0.3) is 0 Å². The Balaban J connectivity index is 2.21. The predicted molar refractivity (Wildman–Crippen MR) is 80.2 cm³/mol. The molecule has 0 fully saturated rings. The van der Waals surface area contributed by atoms with Crippen molar-refractivity contribution in [3.05, 3.63) is 40.3 Å². The number of nitrogens with one attached hydrogen (secondary N) is 1. The van der Waals surface area contributed by atoms with Crippen LogP contribution in [-0.2, 0) is 13.0 Å². The number of rotatable bonds is 6. The van der Waals surface area contributed by atoms with Crippen molar-refractivity contribution in [2.45, 2.75) is 25.9 Å². The zero-order chi connectivity index (χ0) is 14.5. The van der Waals surface area contributed by atoms with Crippen LogP contribution in [0.15, 0.2) is 29.0 Å². The second-order valence-corrected chi connectivity index (χ2v) is 5.18. The number of pyridine rings is 1. The van der Waals surface area contributed by atoms with Gasteiger partial charge in [0.05, 0.1) is 29.5 Å². The van der Waals surface area contributed by atoms with Crippen molar-refractivity contribution in [2.24, 2.45) is 5.84 Å². The van der Waals surface area contributed by atoms with Crippen LogP contribution in [0.5, 0.6) is 5.88 Å². The van der Waals surface area contributed by atoms with Crippen LogP contribution in [0.1, 0.15) is 24.2 Å². The molecule has 0 spiro atoms. The summed E-state index contributed by atoms with van der Waals surface area (Å²) in [5, 5.41) is 4.31. The second kappa shape index (κ2) is 6.83. The maximum absolute atomic E-state index is 5.70. The standard InChI is InChI=1S/C13H18BrN5O/c1-3-19-13(10(14)8-17-19)11(18-15)6-9-4-5-12(20-2)16-7-9/h4-5,7-8,11,18H,3,6,15H2,1-2H3. The average molecular weight is 340 g/mol. The Hall–Kier alpha value is -1.44. The molecular weight excluding hydrogens is 322 g/mol. The van der Waals surface area contributed by atoms with Gasteiger partial charge in [0.1, 0.15) is 0 Å². The van der Waals surface area contributed by atoms with Crippen molar-refractivity contribution in [3.63, 3.8) is 0 Å². The Morgan fingerprint density at radius 2 is 2.25 bits per heavy atom. The van der Waals surface area contributed by atoms with Gasteiger partial charge in [0, 0.05) is 18.8 Å². The molecule has 2 aromatic rings. The Labute approximate surface area is 126 Å². The van der Waals surface area contributed by atoms with Crippen molar-refractivity contribution < 1.29 is 4.74 Å². The van der Waals surface area contributed by atoms with Crippen LogP contribution in [0.4, 0.5) is 0 Å². The molecule has 20 heavy (non-hydrogen) atoms. The summed E-state index contributed by atoms with van der Waals surface area (Å²) in [5.74, 6) is 6.31. The van der Waals surface area contributed by atoms with E-state index in [2.05, 4.69) is 31.4 Å². The zero-order valence-electron chi connectivity index (χ0n) is 11.5. The van der Waals surface area contributed by atoms with Gasteiger partial charge in [-0.3, -0.25) is 16.0 Å². The van der Waals surface area contributed by atoms with E-state index in [4.69, 9.17) is 10.6 Å². The lowest BCUT2D eigenvalue weighted by atomic mass is 10.1. The zero-order valence-corrected chi connectivity index (χ0v) is 13.1. The average Bonchev–Trinajstić information content (AvgIpc) is 2.86. The van der Waals surface area contributed by atoms with Gasteiger partial charge in [-0.05, 0) is 34.8 Å². The molecule has 0 aliphatic heterocycles. The van der Waals surface area contributed by atoms with E-state index in [0.717, 1.165) is 28.7 Å². The summed E-state index contributed by atoms with van der Waals surface area (Å²) in [4.78, 5) is 4.21. The molecule has 0 aliphatic rings. The topological polar surface area (TPSA) is 78.0 Å². The van der Waals surface area contributed by atoms with E-state index in [0.29, 0.717) is 5.88 Å². The molecule has 0 bridgehead atoms. The minimum absolute atomic E-state index is 0.0398. The molecule has 6 nitrogen and oxygen atoms in total. The molecule has 0 aromatic carbocycles. The van der Waals surface area contributed by atoms with Crippen molar-refractivity contribution in [3.8, 4) is 5.88 Å². The lowest BCUT2D eigenvalue weighted by Crippen LogP contribution is -2.31. The molecule has 0 saturated carbocycles. The van der Waals surface area contributed by atoms with Crippen molar-refractivity contribution in [1.82, 2.24) is 20.2 Å². The largest absolute Gasteiger partial charge is 0.481 e. The fraction of sp³-hybridized carbons (Fsp3) is 0.385. The Morgan fingerprint density at radius 1 is 1.45 bits per heavy atom. The number of hydrogen-bond acceptors (Lipinski definition) is 5. The number of nitrogens with zero attached hydrogens (tertiary/aromatic N) is 3. The predicted octanol–water partition coefficient (Wildman–Crippen LogP) is 1.82. The molecule has 1 unspecified atom stereocenters. The summed E-state index contributed by atoms with van der Waals surface area (Å²) in [6.45, 7) is 2.84. The number of hydrogen-bond donors (Lipinski definition) is 2. The normalized spacial score (nSPS) is 12.4. The first-order valence-corrected chi connectivity index (χ1v) is 7.15. The van der Waals surface area contributed by atoms with E-state index < -0.39 is 0 Å². The van der Waals surface area contributed by atoms with Crippen molar-refractivity contribution in [1.29, 1.82) is 0 Å². The molecule has 2 heterocycles. The number of aromatic nitrogens is 3. The molecule has 0 amide bonds. The lowest BCUT2D eigenvalue weighted by molar-refractivity contribution is 0.397. The van der Waals surface area contributed by atoms with Crippen LogP contribution >= 0.6 is 15.9 Å². The summed E-state index contributed by atoms with van der Waals surface area (Å²) in [5.41, 5.74) is 4.95. The Morgan fingerprint density at radius 3 is 2.80 bits per heavy atom. The molecule has 0 aliphatic carbocycles. The van der Waals surface area contributed by atoms with E-state index in [1.807, 2.05) is 23.7 Å². The third-order valence-corrected chi connectivity index (χ3v) is 3.72. The third-order valence-electron chi connectivity index (χ3n) is 3.11. The first kappa shape index (κ1) is 15.0. The van der Waals surface area contributed by atoms with E-state index >= 15 is 0 Å². The summed E-state index contributed by atoms with van der Waals surface area (Å²) >= 11 is 3.52. The van der Waals surface area contributed by atoms with Gasteiger partial charge in [-0.2, -0.15) is 5.10 Å². The number of halogens is 1. The van der Waals surface area contributed by atoms with Gasteiger partial charge >= 0.3 is 0 Å². The molecule has 2 rings (SSSR count). The summed E-state index contributed by atoms with van der Waals surface area (Å²) in [6.07, 6.45) is 4.30. The molecule has 0 saturated heterocycles. The van der Waals surface area contributed by atoms with Crippen LogP contribution < -0.4 is 16.0 Å². The van der Waals surface area contributed by atoms with Crippen molar-refractivity contribution >= 4 is 15.9 Å². The number of aryl methyl sites for hydroxylation is 1. The molecule has 0 radical (unpaired) electrons. The number of hydrazine groups is 1. The molecule has 1 atom stereocenters. The third kappa shape index (κ3) is 3.17. The fourth-order valence-electron chi connectivity index (χ4n) is 2.09. The van der Waals surface area contributed by atoms with E-state index in [-0.39, 0.29) is 6.04 Å². The summed E-state index contributed by atoms with van der Waals surface area (Å²) < 4.78 is 7.93. The first-order valence-electron chi connectivity index (χ1n) is 6.35. The summed E-state index contributed by atoms with van der Waals surface area (Å²) in [6, 6.07) is 3.79. The highest BCUT2D eigenvalue weighted by atomic mass is 79.9. The second-order valence-electron chi connectivity index (χ2n) is 4.33. The molecule has 7 heteroatoms. The SMILES string of the molecule is CCn1ncc(Br)c1C(Cc1ccc(OC)nc1)NN. The highest BCUT2D eigenvalue weighted by Crippen LogP contribution is 2.25. The molecular formula is C13H18BrN5O. The monoisotopic (exact) mass is 339 g/mol. The maximum atomic E-state index is 5.70. The lowest BCUT2D eigenvalue weighted by Gasteiger charge is -2.18.